The highest BCUT2D eigenvalue weighted by atomic mass is 35.5. The largest absolute Gasteiger partial charge is 0.276 e. The molecule has 0 aliphatic rings. The number of carbonyl (C=O) groups is 1. The van der Waals surface area contributed by atoms with E-state index in [4.69, 9.17) is 11.6 Å². The van der Waals surface area contributed by atoms with Gasteiger partial charge in [0.25, 0.3) is 5.24 Å². The lowest BCUT2D eigenvalue weighted by Crippen LogP contribution is -2.11. The molecule has 0 aromatic heterocycles. The van der Waals surface area contributed by atoms with Crippen molar-refractivity contribution in [3.8, 4) is 0 Å². The molecule has 0 aliphatic heterocycles. The van der Waals surface area contributed by atoms with Gasteiger partial charge in [0, 0.05) is 11.8 Å². The quantitative estimate of drug-likeness (QED) is 0.770. The second-order valence-corrected chi connectivity index (χ2v) is 9.22. The Balaban J connectivity index is 2.87. The lowest BCUT2D eigenvalue weighted by atomic mass is 10.1. The zero-order valence-corrected chi connectivity index (χ0v) is 14.7. The number of carbonyl (C=O) groups excluding carboxylic acids is 1. The molecule has 0 spiro atoms. The van der Waals surface area contributed by atoms with Crippen molar-refractivity contribution in [1.82, 2.24) is 0 Å². The molecule has 0 radical (unpaired) electrons. The average Bonchev–Trinajstić information content (AvgIpc) is 2.46. The third kappa shape index (κ3) is 3.46. The van der Waals surface area contributed by atoms with Gasteiger partial charge in [-0.05, 0) is 48.4 Å². The van der Waals surface area contributed by atoms with E-state index in [1.54, 1.807) is 6.07 Å². The molecule has 0 amide bonds. The van der Waals surface area contributed by atoms with Crippen molar-refractivity contribution >= 4 is 36.5 Å². The van der Waals surface area contributed by atoms with Gasteiger partial charge in [-0.15, -0.1) is 0 Å². The summed E-state index contributed by atoms with van der Waals surface area (Å²) < 4.78 is 49.5. The van der Waals surface area contributed by atoms with Gasteiger partial charge in [0.2, 0.25) is 9.84 Å². The Bertz CT molecular complexity index is 978. The first-order chi connectivity index (χ1) is 10.5. The summed E-state index contributed by atoms with van der Waals surface area (Å²) in [6.07, 6.45) is 0.879. The molecular weight excluding hydrogens is 360 g/mol. The number of aryl methyl sites for hydroxylation is 1. The van der Waals surface area contributed by atoms with Gasteiger partial charge >= 0.3 is 0 Å². The fourth-order valence-corrected chi connectivity index (χ4v) is 5.27. The van der Waals surface area contributed by atoms with E-state index in [0.717, 1.165) is 18.4 Å². The minimum absolute atomic E-state index is 0.0331. The Morgan fingerprint density at radius 3 is 2.00 bits per heavy atom. The highest BCUT2D eigenvalue weighted by Crippen LogP contribution is 2.30. The monoisotopic (exact) mass is 372 g/mol. The van der Waals surface area contributed by atoms with Crippen LogP contribution in [0.2, 0.25) is 0 Å². The van der Waals surface area contributed by atoms with Gasteiger partial charge in [0.15, 0.2) is 9.84 Å². The maximum absolute atomic E-state index is 12.8. The summed E-state index contributed by atoms with van der Waals surface area (Å²) >= 11 is 5.43. The molecule has 0 saturated carbocycles. The average molecular weight is 373 g/mol. The predicted molar refractivity (Wildman–Crippen MR) is 86.4 cm³/mol. The lowest BCUT2D eigenvalue weighted by molar-refractivity contribution is 0.108. The third-order valence-corrected chi connectivity index (χ3v) is 6.52. The number of hydrogen-bond acceptors (Lipinski definition) is 5. The molecule has 0 atom stereocenters. The molecule has 0 aliphatic carbocycles. The Labute approximate surface area is 139 Å². The van der Waals surface area contributed by atoms with Crippen LogP contribution in [0.5, 0.6) is 0 Å². The van der Waals surface area contributed by atoms with Gasteiger partial charge in [0.1, 0.15) is 0 Å². The third-order valence-electron chi connectivity index (χ3n) is 3.24. The van der Waals surface area contributed by atoms with Gasteiger partial charge in [-0.25, -0.2) is 16.8 Å². The fraction of sp³-hybridized carbons (Fsp3) is 0.133. The second kappa shape index (κ2) is 6.07. The van der Waals surface area contributed by atoms with Crippen LogP contribution in [0.25, 0.3) is 0 Å². The van der Waals surface area contributed by atoms with Crippen LogP contribution in [0, 0.1) is 6.92 Å². The minimum atomic E-state index is -4.05. The Morgan fingerprint density at radius 1 is 0.957 bits per heavy atom. The molecule has 2 aromatic rings. The number of halogens is 1. The number of hydrogen-bond donors (Lipinski definition) is 0. The van der Waals surface area contributed by atoms with Crippen molar-refractivity contribution < 1.29 is 21.6 Å². The van der Waals surface area contributed by atoms with E-state index >= 15 is 0 Å². The van der Waals surface area contributed by atoms with Crippen LogP contribution in [0.1, 0.15) is 15.9 Å². The highest BCUT2D eigenvalue weighted by molar-refractivity contribution is 7.94. The van der Waals surface area contributed by atoms with Crippen LogP contribution in [0.4, 0.5) is 0 Å². The normalized spacial score (nSPS) is 12.1. The molecular formula is C15H13ClO5S2. The van der Waals surface area contributed by atoms with Crippen molar-refractivity contribution in [2.75, 3.05) is 6.26 Å². The molecule has 0 bridgehead atoms. The zero-order chi connectivity index (χ0) is 17.4. The minimum Gasteiger partial charge on any atom is -0.276 e. The maximum atomic E-state index is 12.8. The first-order valence-corrected chi connectivity index (χ1v) is 10.1. The van der Waals surface area contributed by atoms with Crippen LogP contribution in [0.3, 0.4) is 0 Å². The molecule has 0 unspecified atom stereocenters. The molecule has 0 saturated heterocycles. The van der Waals surface area contributed by atoms with E-state index in [1.807, 2.05) is 0 Å². The van der Waals surface area contributed by atoms with Gasteiger partial charge in [-0.1, -0.05) is 18.2 Å². The Kier molecular flexibility index (Phi) is 4.66. The lowest BCUT2D eigenvalue weighted by Gasteiger charge is -2.12. The van der Waals surface area contributed by atoms with E-state index in [-0.39, 0.29) is 20.9 Å². The molecule has 0 heterocycles. The summed E-state index contributed by atoms with van der Waals surface area (Å²) in [6.45, 7) is 1.49. The molecule has 0 N–H and O–H groups in total. The van der Waals surface area contributed by atoms with E-state index in [9.17, 15) is 21.6 Å². The van der Waals surface area contributed by atoms with Crippen molar-refractivity contribution in [2.45, 2.75) is 21.6 Å². The second-order valence-electron chi connectivity index (χ2n) is 4.98. The predicted octanol–water partition coefficient (Wildman–Crippen LogP) is 2.61. The first kappa shape index (κ1) is 17.7. The Morgan fingerprint density at radius 2 is 1.52 bits per heavy atom. The van der Waals surface area contributed by atoms with Gasteiger partial charge in [-0.3, -0.25) is 4.79 Å². The fourth-order valence-electron chi connectivity index (χ4n) is 2.10. The van der Waals surface area contributed by atoms with Crippen molar-refractivity contribution in [3.63, 3.8) is 0 Å². The molecule has 8 heteroatoms. The molecule has 5 nitrogen and oxygen atoms in total. The first-order valence-electron chi connectivity index (χ1n) is 6.40. The van der Waals surface area contributed by atoms with E-state index < -0.39 is 29.8 Å². The van der Waals surface area contributed by atoms with Crippen molar-refractivity contribution in [2.24, 2.45) is 0 Å². The number of benzene rings is 2. The van der Waals surface area contributed by atoms with Crippen LogP contribution in [0.15, 0.2) is 57.2 Å². The molecule has 23 heavy (non-hydrogen) atoms. The molecule has 0 fully saturated rings. The summed E-state index contributed by atoms with van der Waals surface area (Å²) in [7, 11) is -7.94. The van der Waals surface area contributed by atoms with Crippen LogP contribution in [-0.2, 0) is 19.7 Å². The van der Waals surface area contributed by atoms with Crippen molar-refractivity contribution in [1.29, 1.82) is 0 Å². The smallest absolute Gasteiger partial charge is 0.252 e. The standard InChI is InChI=1S/C15H13ClO5S2/c1-10-8-14(23(20,21)11-6-4-3-5-7-11)13(22(2,18)19)9-12(10)15(16)17/h3-9H,1-2H3. The molecule has 2 aromatic carbocycles. The van der Waals surface area contributed by atoms with Gasteiger partial charge in [0.05, 0.1) is 14.7 Å². The Hall–Kier alpha value is -1.70. The SMILES string of the molecule is Cc1cc(S(=O)(=O)c2ccccc2)c(S(C)(=O)=O)cc1C(=O)Cl. The summed E-state index contributed by atoms with van der Waals surface area (Å²) in [5, 5.41) is -0.851. The van der Waals surface area contributed by atoms with E-state index in [0.29, 0.717) is 0 Å². The van der Waals surface area contributed by atoms with E-state index in [2.05, 4.69) is 0 Å². The summed E-state index contributed by atoms with van der Waals surface area (Å²) in [4.78, 5) is 10.5. The van der Waals surface area contributed by atoms with E-state index in [1.165, 1.54) is 31.2 Å². The summed E-state index contributed by atoms with van der Waals surface area (Å²) in [5.74, 6) is 0. The number of rotatable bonds is 4. The van der Waals surface area contributed by atoms with Crippen LogP contribution in [-0.4, -0.2) is 28.3 Å². The zero-order valence-electron chi connectivity index (χ0n) is 12.3. The van der Waals surface area contributed by atoms with Crippen LogP contribution < -0.4 is 0 Å². The highest BCUT2D eigenvalue weighted by Gasteiger charge is 2.28. The molecule has 2 rings (SSSR count). The van der Waals surface area contributed by atoms with Crippen molar-refractivity contribution in [3.05, 3.63) is 53.6 Å². The van der Waals surface area contributed by atoms with Gasteiger partial charge in [-0.2, -0.15) is 0 Å². The van der Waals surface area contributed by atoms with Gasteiger partial charge < -0.3 is 0 Å². The van der Waals surface area contributed by atoms with Crippen LogP contribution >= 0.6 is 11.6 Å². The number of sulfone groups is 2. The maximum Gasteiger partial charge on any atom is 0.252 e. The summed E-state index contributed by atoms with van der Waals surface area (Å²) in [5.41, 5.74) is 0.242. The topological polar surface area (TPSA) is 85.3 Å². The summed E-state index contributed by atoms with van der Waals surface area (Å²) in [6, 6.07) is 9.64. The molecule has 122 valence electrons.